The Hall–Kier alpha value is -4.90. The molecule has 11 heteroatoms. The molecule has 11 nitrogen and oxygen atoms in total. The Morgan fingerprint density at radius 3 is 2.45 bits per heavy atom. The Morgan fingerprint density at radius 2 is 1.81 bits per heavy atom. The summed E-state index contributed by atoms with van der Waals surface area (Å²) in [7, 11) is 2.11. The van der Waals surface area contributed by atoms with Gasteiger partial charge in [-0.05, 0) is 61.0 Å². The number of aromatic hydroxyl groups is 2. The number of carbonyl (C=O) groups excluding carboxylic acids is 2. The lowest BCUT2D eigenvalue weighted by atomic mass is 10.0. The number of likely N-dealkylation sites (tertiary alicyclic amines) is 1. The standard InChI is InChI=1S/C31H34N6O5/c1-20-33-30(42-35-20)23-8-10-24(11-9-23)34-31(41)36(28(29(32)40)17-21-6-12-26(38)13-7-21)25-14-15-37(2,19-25)18-22-4-3-5-27(39)16-22/h3-13,16,25,28H,14-15,17-19H2,1-2H3,(H4-,32,33,34,35,38,39,40,41)/p+1/t25-,28+,37?/m1/s1. The van der Waals surface area contributed by atoms with Crippen molar-refractivity contribution in [1.29, 1.82) is 0 Å². The van der Waals surface area contributed by atoms with Crippen molar-refractivity contribution in [3.05, 3.63) is 89.7 Å². The predicted molar refractivity (Wildman–Crippen MR) is 156 cm³/mol. The van der Waals surface area contributed by atoms with E-state index in [4.69, 9.17) is 10.3 Å². The van der Waals surface area contributed by atoms with Crippen LogP contribution in [0.2, 0.25) is 0 Å². The second kappa shape index (κ2) is 11.9. The SMILES string of the molecule is Cc1noc(-c2ccc(NC(=O)N([C@@H]3CC[N+](C)(Cc4cccc(O)c4)C3)[C@@H](Cc3ccc(O)cc3)C(N)=O)cc2)n1. The van der Waals surface area contributed by atoms with Crippen LogP contribution in [-0.4, -0.2) is 73.9 Å². The van der Waals surface area contributed by atoms with Crippen molar-refractivity contribution in [1.82, 2.24) is 15.0 Å². The first-order valence-corrected chi connectivity index (χ1v) is 13.8. The summed E-state index contributed by atoms with van der Waals surface area (Å²) in [6.07, 6.45) is 0.864. The predicted octanol–water partition coefficient (Wildman–Crippen LogP) is 3.81. The number of amides is 3. The van der Waals surface area contributed by atoms with E-state index in [-0.39, 0.29) is 24.0 Å². The summed E-state index contributed by atoms with van der Waals surface area (Å²) >= 11 is 0. The third-order valence-electron chi connectivity index (χ3n) is 7.70. The zero-order valence-electron chi connectivity index (χ0n) is 23.6. The summed E-state index contributed by atoms with van der Waals surface area (Å²) in [5, 5.41) is 26.4. The van der Waals surface area contributed by atoms with E-state index in [1.54, 1.807) is 72.5 Å². The average molecular weight is 572 g/mol. The summed E-state index contributed by atoms with van der Waals surface area (Å²) in [6.45, 7) is 3.76. The molecule has 4 aromatic rings. The van der Waals surface area contributed by atoms with Crippen LogP contribution in [-0.2, 0) is 17.8 Å². The molecule has 1 unspecified atom stereocenters. The highest BCUT2D eigenvalue weighted by Gasteiger charge is 2.43. The molecule has 1 fully saturated rings. The minimum Gasteiger partial charge on any atom is -0.508 e. The van der Waals surface area contributed by atoms with Crippen LogP contribution in [0, 0.1) is 6.92 Å². The fourth-order valence-corrected chi connectivity index (χ4v) is 5.67. The van der Waals surface area contributed by atoms with E-state index in [2.05, 4.69) is 22.5 Å². The lowest BCUT2D eigenvalue weighted by Crippen LogP contribution is -2.56. The molecule has 0 spiro atoms. The molecule has 5 N–H and O–H groups in total. The van der Waals surface area contributed by atoms with Gasteiger partial charge < -0.3 is 35.2 Å². The number of quaternary nitrogens is 1. The van der Waals surface area contributed by atoms with Crippen LogP contribution in [0.15, 0.2) is 77.3 Å². The Labute approximate surface area is 243 Å². The first-order valence-electron chi connectivity index (χ1n) is 13.8. The molecule has 3 aromatic carbocycles. The van der Waals surface area contributed by atoms with Crippen molar-refractivity contribution in [2.24, 2.45) is 5.73 Å². The van der Waals surface area contributed by atoms with E-state index in [1.165, 1.54) is 0 Å². The number of nitrogens with zero attached hydrogens (tertiary/aromatic N) is 4. The summed E-state index contributed by atoms with van der Waals surface area (Å²) < 4.78 is 5.85. The summed E-state index contributed by atoms with van der Waals surface area (Å²) in [5.41, 5.74) is 8.94. The molecule has 3 atom stereocenters. The monoisotopic (exact) mass is 571 g/mol. The van der Waals surface area contributed by atoms with Crippen molar-refractivity contribution in [2.75, 3.05) is 25.5 Å². The Morgan fingerprint density at radius 1 is 1.07 bits per heavy atom. The Bertz CT molecular complexity index is 1550. The van der Waals surface area contributed by atoms with Gasteiger partial charge in [-0.25, -0.2) is 4.79 Å². The van der Waals surface area contributed by atoms with Crippen LogP contribution in [0.3, 0.4) is 0 Å². The van der Waals surface area contributed by atoms with Crippen LogP contribution >= 0.6 is 0 Å². The van der Waals surface area contributed by atoms with Crippen molar-refractivity contribution in [3.8, 4) is 23.0 Å². The lowest BCUT2D eigenvalue weighted by molar-refractivity contribution is -0.911. The summed E-state index contributed by atoms with van der Waals surface area (Å²) in [6, 6.07) is 19.1. The van der Waals surface area contributed by atoms with E-state index < -0.39 is 18.0 Å². The summed E-state index contributed by atoms with van der Waals surface area (Å²) in [5.74, 6) is 0.603. The smallest absolute Gasteiger partial charge is 0.323 e. The van der Waals surface area contributed by atoms with Crippen LogP contribution in [0.25, 0.3) is 11.5 Å². The Kier molecular flexibility index (Phi) is 8.12. The molecule has 1 saturated heterocycles. The van der Waals surface area contributed by atoms with Crippen LogP contribution < -0.4 is 11.1 Å². The van der Waals surface area contributed by atoms with Crippen LogP contribution in [0.5, 0.6) is 11.5 Å². The maximum absolute atomic E-state index is 13.9. The minimum atomic E-state index is -0.924. The van der Waals surface area contributed by atoms with Gasteiger partial charge in [-0.2, -0.15) is 4.98 Å². The third-order valence-corrected chi connectivity index (χ3v) is 7.70. The van der Waals surface area contributed by atoms with Gasteiger partial charge in [-0.15, -0.1) is 0 Å². The molecule has 218 valence electrons. The van der Waals surface area contributed by atoms with Crippen molar-refractivity contribution in [3.63, 3.8) is 0 Å². The minimum absolute atomic E-state index is 0.110. The molecule has 3 amide bonds. The van der Waals surface area contributed by atoms with Gasteiger partial charge in [0.15, 0.2) is 5.82 Å². The van der Waals surface area contributed by atoms with Crippen molar-refractivity contribution in [2.45, 2.75) is 38.4 Å². The van der Waals surface area contributed by atoms with Crippen LogP contribution in [0.4, 0.5) is 10.5 Å². The van der Waals surface area contributed by atoms with Gasteiger partial charge in [0, 0.05) is 29.7 Å². The quantitative estimate of drug-likeness (QED) is 0.223. The average Bonchev–Trinajstić information content (AvgIpc) is 3.55. The van der Waals surface area contributed by atoms with Crippen LogP contribution in [0.1, 0.15) is 23.4 Å². The number of phenolic OH excluding ortho intramolecular Hbond substituents is 2. The number of likely N-dealkylation sites (N-methyl/N-ethyl adjacent to an activating group) is 1. The highest BCUT2D eigenvalue weighted by atomic mass is 16.5. The molecule has 0 bridgehead atoms. The largest absolute Gasteiger partial charge is 0.508 e. The molecule has 0 aliphatic carbocycles. The number of anilines is 1. The zero-order chi connectivity index (χ0) is 29.9. The van der Waals surface area contributed by atoms with Gasteiger partial charge in [0.1, 0.15) is 24.1 Å². The molecule has 5 rings (SSSR count). The number of nitrogens with two attached hydrogens (primary N) is 1. The molecule has 1 aliphatic rings. The van der Waals surface area contributed by atoms with Gasteiger partial charge in [0.2, 0.25) is 5.91 Å². The number of aryl methyl sites for hydroxylation is 1. The highest BCUT2D eigenvalue weighted by molar-refractivity contribution is 5.94. The number of rotatable bonds is 9. The molecular weight excluding hydrogens is 536 g/mol. The second-order valence-electron chi connectivity index (χ2n) is 11.1. The van der Waals surface area contributed by atoms with E-state index in [0.29, 0.717) is 47.0 Å². The number of urea groups is 1. The number of phenols is 2. The zero-order valence-corrected chi connectivity index (χ0v) is 23.6. The number of nitrogens with one attached hydrogen (secondary N) is 1. The molecule has 0 saturated carbocycles. The normalized spacial score (nSPS) is 18.9. The second-order valence-corrected chi connectivity index (χ2v) is 11.1. The number of hydrogen-bond acceptors (Lipinski definition) is 7. The van der Waals surface area contributed by atoms with Gasteiger partial charge in [0.05, 0.1) is 26.2 Å². The Balaban J connectivity index is 1.40. The lowest BCUT2D eigenvalue weighted by Gasteiger charge is -2.36. The molecule has 1 aromatic heterocycles. The number of primary amides is 1. The topological polar surface area (TPSA) is 155 Å². The van der Waals surface area contributed by atoms with Gasteiger partial charge in [0.25, 0.3) is 5.89 Å². The van der Waals surface area contributed by atoms with Gasteiger partial charge in [-0.3, -0.25) is 4.79 Å². The van der Waals surface area contributed by atoms with E-state index in [9.17, 15) is 19.8 Å². The number of aromatic nitrogens is 2. The molecule has 0 radical (unpaired) electrons. The van der Waals surface area contributed by atoms with Gasteiger partial charge in [-0.1, -0.05) is 29.4 Å². The van der Waals surface area contributed by atoms with Gasteiger partial charge >= 0.3 is 6.03 Å². The highest BCUT2D eigenvalue weighted by Crippen LogP contribution is 2.29. The van der Waals surface area contributed by atoms with Crippen molar-refractivity contribution < 1.29 is 28.8 Å². The maximum Gasteiger partial charge on any atom is 0.323 e. The van der Waals surface area contributed by atoms with Crippen molar-refractivity contribution >= 4 is 17.6 Å². The summed E-state index contributed by atoms with van der Waals surface area (Å²) in [4.78, 5) is 32.7. The molecular formula is C31H35N6O5+. The first-order chi connectivity index (χ1) is 20.1. The molecule has 1 aliphatic heterocycles. The fourth-order valence-electron chi connectivity index (χ4n) is 5.67. The third kappa shape index (κ3) is 6.69. The first kappa shape index (κ1) is 28.6. The number of hydrogen-bond donors (Lipinski definition) is 4. The van der Waals surface area contributed by atoms with E-state index >= 15 is 0 Å². The fraction of sp³-hybridized carbons (Fsp3) is 0.290. The van der Waals surface area contributed by atoms with E-state index in [0.717, 1.165) is 17.7 Å². The number of benzene rings is 3. The van der Waals surface area contributed by atoms with E-state index in [1.807, 2.05) is 12.1 Å². The molecule has 2 heterocycles. The maximum atomic E-state index is 13.9. The number of carbonyl (C=O) groups is 2. The molecule has 42 heavy (non-hydrogen) atoms.